The van der Waals surface area contributed by atoms with Crippen molar-refractivity contribution < 1.29 is 9.53 Å². The topological polar surface area (TPSA) is 39.2 Å². The molecule has 1 heterocycles. The number of carbonyl (C=O) groups excluding carboxylic acids is 1. The number of ether oxygens (including phenoxy) is 1. The molecular formula is C17H16ClNO2. The molecule has 4 heteroatoms. The number of carbonyl (C=O) groups is 1. The normalized spacial score (nSPS) is 14.0. The van der Waals surface area contributed by atoms with Crippen LogP contribution in [-0.2, 0) is 4.74 Å². The van der Waals surface area contributed by atoms with Crippen LogP contribution in [0.15, 0.2) is 36.4 Å². The third kappa shape index (κ3) is 3.08. The molecule has 0 saturated heterocycles. The van der Waals surface area contributed by atoms with Crippen molar-refractivity contribution in [2.75, 3.05) is 6.61 Å². The van der Waals surface area contributed by atoms with Crippen LogP contribution in [-0.4, -0.2) is 17.6 Å². The zero-order valence-electron chi connectivity index (χ0n) is 11.8. The smallest absolute Gasteiger partial charge is 0.339 e. The third-order valence-electron chi connectivity index (χ3n) is 3.52. The lowest BCUT2D eigenvalue weighted by Gasteiger charge is -2.10. The Labute approximate surface area is 128 Å². The van der Waals surface area contributed by atoms with Gasteiger partial charge in [0.2, 0.25) is 0 Å². The Kier molecular flexibility index (Phi) is 3.93. The molecule has 1 saturated carbocycles. The van der Waals surface area contributed by atoms with Crippen LogP contribution in [0.5, 0.6) is 0 Å². The minimum atomic E-state index is -0.283. The molecule has 0 unspecified atom stereocenters. The lowest BCUT2D eigenvalue weighted by molar-refractivity contribution is 0.0524. The zero-order valence-corrected chi connectivity index (χ0v) is 12.6. The molecule has 0 N–H and O–H groups in total. The van der Waals surface area contributed by atoms with Crippen LogP contribution in [0.3, 0.4) is 0 Å². The minimum absolute atomic E-state index is 0.283. The van der Waals surface area contributed by atoms with Crippen molar-refractivity contribution in [1.29, 1.82) is 0 Å². The molecule has 1 aromatic carbocycles. The predicted molar refractivity (Wildman–Crippen MR) is 82.6 cm³/mol. The van der Waals surface area contributed by atoms with E-state index in [1.807, 2.05) is 43.3 Å². The van der Waals surface area contributed by atoms with E-state index in [0.29, 0.717) is 23.1 Å². The van der Waals surface area contributed by atoms with Gasteiger partial charge in [-0.15, -0.1) is 0 Å². The number of nitrogens with zero attached hydrogens (tertiary/aromatic N) is 1. The van der Waals surface area contributed by atoms with Gasteiger partial charge in [-0.25, -0.2) is 4.79 Å². The molecule has 1 aliphatic carbocycles. The number of esters is 1. The molecule has 1 aromatic heterocycles. The standard InChI is InChI=1S/C17H16ClNO2/c1-2-21-17(20)14-9-10-15(19-16(14)12-3-4-12)11-5-7-13(18)8-6-11/h5-10,12H,2-4H2,1H3. The number of hydrogen-bond acceptors (Lipinski definition) is 3. The van der Waals surface area contributed by atoms with Gasteiger partial charge in [-0.05, 0) is 44.0 Å². The zero-order chi connectivity index (χ0) is 14.8. The summed E-state index contributed by atoms with van der Waals surface area (Å²) < 4.78 is 5.11. The highest BCUT2D eigenvalue weighted by atomic mass is 35.5. The lowest BCUT2D eigenvalue weighted by Crippen LogP contribution is -2.09. The van der Waals surface area contributed by atoms with Crippen molar-refractivity contribution in [3.8, 4) is 11.3 Å². The maximum atomic E-state index is 12.0. The fourth-order valence-electron chi connectivity index (χ4n) is 2.31. The molecule has 0 bridgehead atoms. The maximum Gasteiger partial charge on any atom is 0.339 e. The summed E-state index contributed by atoms with van der Waals surface area (Å²) in [6.07, 6.45) is 2.17. The van der Waals surface area contributed by atoms with E-state index in [0.717, 1.165) is 29.8 Å². The van der Waals surface area contributed by atoms with Crippen molar-refractivity contribution in [2.24, 2.45) is 0 Å². The van der Waals surface area contributed by atoms with Crippen LogP contribution in [0.25, 0.3) is 11.3 Å². The van der Waals surface area contributed by atoms with Gasteiger partial charge in [0.05, 0.1) is 23.6 Å². The van der Waals surface area contributed by atoms with Gasteiger partial charge < -0.3 is 4.74 Å². The molecule has 3 nitrogen and oxygen atoms in total. The summed E-state index contributed by atoms with van der Waals surface area (Å²) in [7, 11) is 0. The lowest BCUT2D eigenvalue weighted by atomic mass is 10.1. The molecule has 21 heavy (non-hydrogen) atoms. The first kappa shape index (κ1) is 14.1. The number of benzene rings is 1. The molecule has 1 aliphatic rings. The summed E-state index contributed by atoms with van der Waals surface area (Å²) in [5.74, 6) is 0.103. The van der Waals surface area contributed by atoms with Crippen LogP contribution in [0.2, 0.25) is 5.02 Å². The van der Waals surface area contributed by atoms with Crippen molar-refractivity contribution in [3.05, 3.63) is 52.7 Å². The van der Waals surface area contributed by atoms with Gasteiger partial charge in [0.1, 0.15) is 0 Å². The third-order valence-corrected chi connectivity index (χ3v) is 3.78. The van der Waals surface area contributed by atoms with Crippen LogP contribution < -0.4 is 0 Å². The number of halogens is 1. The summed E-state index contributed by atoms with van der Waals surface area (Å²) in [6, 6.07) is 11.2. The Balaban J connectivity index is 1.99. The Hall–Kier alpha value is -1.87. The highest BCUT2D eigenvalue weighted by Crippen LogP contribution is 2.41. The van der Waals surface area contributed by atoms with E-state index in [9.17, 15) is 4.79 Å². The second kappa shape index (κ2) is 5.86. The second-order valence-corrected chi connectivity index (χ2v) is 5.57. The average molecular weight is 302 g/mol. The van der Waals surface area contributed by atoms with Gasteiger partial charge in [0, 0.05) is 16.5 Å². The van der Waals surface area contributed by atoms with Crippen molar-refractivity contribution >= 4 is 17.6 Å². The molecule has 0 amide bonds. The number of rotatable bonds is 4. The molecule has 0 aliphatic heterocycles. The molecule has 108 valence electrons. The van der Waals surface area contributed by atoms with Gasteiger partial charge in [0.15, 0.2) is 0 Å². The van der Waals surface area contributed by atoms with Gasteiger partial charge in [-0.3, -0.25) is 4.98 Å². The number of aromatic nitrogens is 1. The largest absolute Gasteiger partial charge is 0.462 e. The summed E-state index contributed by atoms with van der Waals surface area (Å²) in [4.78, 5) is 16.7. The van der Waals surface area contributed by atoms with Gasteiger partial charge in [-0.1, -0.05) is 23.7 Å². The SMILES string of the molecule is CCOC(=O)c1ccc(-c2ccc(Cl)cc2)nc1C1CC1. The first-order chi connectivity index (χ1) is 10.2. The van der Waals surface area contributed by atoms with Gasteiger partial charge in [-0.2, -0.15) is 0 Å². The molecule has 0 spiro atoms. The Morgan fingerprint density at radius 1 is 1.24 bits per heavy atom. The van der Waals surface area contributed by atoms with E-state index >= 15 is 0 Å². The van der Waals surface area contributed by atoms with E-state index in [-0.39, 0.29) is 5.97 Å². The quantitative estimate of drug-likeness (QED) is 0.783. The maximum absolute atomic E-state index is 12.0. The molecule has 0 radical (unpaired) electrons. The fraction of sp³-hybridized carbons (Fsp3) is 0.294. The highest BCUT2D eigenvalue weighted by molar-refractivity contribution is 6.30. The summed E-state index contributed by atoms with van der Waals surface area (Å²) >= 11 is 5.91. The molecule has 2 aromatic rings. The van der Waals surface area contributed by atoms with E-state index < -0.39 is 0 Å². The van der Waals surface area contributed by atoms with Crippen LogP contribution in [0, 0.1) is 0 Å². The predicted octanol–water partition coefficient (Wildman–Crippen LogP) is 4.46. The number of hydrogen-bond donors (Lipinski definition) is 0. The van der Waals surface area contributed by atoms with Gasteiger partial charge >= 0.3 is 5.97 Å². The second-order valence-electron chi connectivity index (χ2n) is 5.13. The van der Waals surface area contributed by atoms with E-state index in [1.54, 1.807) is 0 Å². The van der Waals surface area contributed by atoms with Crippen molar-refractivity contribution in [1.82, 2.24) is 4.98 Å². The van der Waals surface area contributed by atoms with Crippen molar-refractivity contribution in [3.63, 3.8) is 0 Å². The monoisotopic (exact) mass is 301 g/mol. The number of pyridine rings is 1. The Morgan fingerprint density at radius 3 is 2.57 bits per heavy atom. The van der Waals surface area contributed by atoms with Crippen molar-refractivity contribution in [2.45, 2.75) is 25.7 Å². The van der Waals surface area contributed by atoms with Crippen LogP contribution >= 0.6 is 11.6 Å². The van der Waals surface area contributed by atoms with E-state index in [4.69, 9.17) is 21.3 Å². The Bertz CT molecular complexity index is 663. The van der Waals surface area contributed by atoms with E-state index in [2.05, 4.69) is 0 Å². The molecule has 3 rings (SSSR count). The summed E-state index contributed by atoms with van der Waals surface area (Å²) in [5.41, 5.74) is 3.32. The molecule has 0 atom stereocenters. The van der Waals surface area contributed by atoms with Gasteiger partial charge in [0.25, 0.3) is 0 Å². The van der Waals surface area contributed by atoms with E-state index in [1.165, 1.54) is 0 Å². The summed E-state index contributed by atoms with van der Waals surface area (Å²) in [5, 5.41) is 0.698. The Morgan fingerprint density at radius 2 is 1.95 bits per heavy atom. The first-order valence-electron chi connectivity index (χ1n) is 7.13. The summed E-state index contributed by atoms with van der Waals surface area (Å²) in [6.45, 7) is 2.19. The molecular weight excluding hydrogens is 286 g/mol. The first-order valence-corrected chi connectivity index (χ1v) is 7.51. The minimum Gasteiger partial charge on any atom is -0.462 e. The molecule has 1 fully saturated rings. The van der Waals surface area contributed by atoms with Crippen LogP contribution in [0.1, 0.15) is 41.7 Å². The highest BCUT2D eigenvalue weighted by Gasteiger charge is 2.30. The average Bonchev–Trinajstić information content (AvgIpc) is 3.32. The fourth-order valence-corrected chi connectivity index (χ4v) is 2.43. The van der Waals surface area contributed by atoms with Crippen LogP contribution in [0.4, 0.5) is 0 Å².